The lowest BCUT2D eigenvalue weighted by Gasteiger charge is -1.98. The van der Waals surface area contributed by atoms with Crippen LogP contribution in [0, 0.1) is 0 Å². The van der Waals surface area contributed by atoms with Gasteiger partial charge in [-0.15, -0.1) is 0 Å². The van der Waals surface area contributed by atoms with Crippen molar-refractivity contribution in [3.8, 4) is 5.75 Å². The predicted octanol–water partition coefficient (Wildman–Crippen LogP) is 2.80. The van der Waals surface area contributed by atoms with Crippen molar-refractivity contribution in [3.63, 3.8) is 0 Å². The lowest BCUT2D eigenvalue weighted by molar-refractivity contribution is 0.475. The fourth-order valence-corrected chi connectivity index (χ4v) is 1.94. The molecule has 2 aromatic carbocycles. The highest BCUT2D eigenvalue weighted by atomic mass is 16.3. The summed E-state index contributed by atoms with van der Waals surface area (Å²) in [5.41, 5.74) is 1.43. The van der Waals surface area contributed by atoms with E-state index in [-0.39, 0.29) is 11.3 Å². The second-order valence-electron chi connectivity index (χ2n) is 4.39. The Hall–Kier alpha value is -2.88. The van der Waals surface area contributed by atoms with E-state index in [2.05, 4.69) is 9.97 Å². The molecular formula is C16H12N2O2. The highest BCUT2D eigenvalue weighted by Gasteiger charge is 2.00. The number of nitrogens with one attached hydrogen (secondary N) is 1. The highest BCUT2D eigenvalue weighted by Crippen LogP contribution is 2.12. The van der Waals surface area contributed by atoms with Crippen LogP contribution >= 0.6 is 0 Å². The number of rotatable bonds is 2. The van der Waals surface area contributed by atoms with Gasteiger partial charge in [-0.1, -0.05) is 30.3 Å². The van der Waals surface area contributed by atoms with Crippen LogP contribution in [0.5, 0.6) is 5.75 Å². The molecule has 0 radical (unpaired) electrons. The third kappa shape index (κ3) is 2.44. The molecular weight excluding hydrogens is 252 g/mol. The highest BCUT2D eigenvalue weighted by molar-refractivity contribution is 5.78. The molecule has 0 spiro atoms. The van der Waals surface area contributed by atoms with Crippen LogP contribution in [0.2, 0.25) is 0 Å². The third-order valence-electron chi connectivity index (χ3n) is 2.96. The molecule has 98 valence electrons. The molecule has 1 heterocycles. The van der Waals surface area contributed by atoms with Crippen LogP contribution in [0.1, 0.15) is 11.4 Å². The zero-order valence-electron chi connectivity index (χ0n) is 10.6. The fourth-order valence-electron chi connectivity index (χ4n) is 1.94. The summed E-state index contributed by atoms with van der Waals surface area (Å²) in [6.07, 6.45) is 3.56. The number of nitrogens with zero attached hydrogens (tertiary/aromatic N) is 1. The minimum absolute atomic E-state index is 0.152. The second kappa shape index (κ2) is 5.01. The first-order valence-corrected chi connectivity index (χ1v) is 6.18. The topological polar surface area (TPSA) is 66.0 Å². The summed E-state index contributed by atoms with van der Waals surface area (Å²) in [5, 5.41) is 9.79. The number of aromatic hydroxyl groups is 1. The maximum atomic E-state index is 11.9. The van der Waals surface area contributed by atoms with Gasteiger partial charge in [0.15, 0.2) is 0 Å². The Bertz CT molecular complexity index is 833. The Morgan fingerprint density at radius 3 is 2.55 bits per heavy atom. The van der Waals surface area contributed by atoms with Crippen LogP contribution in [0.15, 0.2) is 53.3 Å². The van der Waals surface area contributed by atoms with Crippen LogP contribution in [-0.4, -0.2) is 15.1 Å². The van der Waals surface area contributed by atoms with Crippen LogP contribution in [0.25, 0.3) is 23.1 Å². The number of H-pyrrole nitrogens is 1. The van der Waals surface area contributed by atoms with Crippen molar-refractivity contribution in [2.45, 2.75) is 0 Å². The molecule has 0 unspecified atom stereocenters. The summed E-state index contributed by atoms with van der Waals surface area (Å²) < 4.78 is 0. The monoisotopic (exact) mass is 264 g/mol. The zero-order chi connectivity index (χ0) is 13.9. The van der Waals surface area contributed by atoms with Crippen molar-refractivity contribution in [3.05, 3.63) is 70.3 Å². The molecule has 1 aromatic heterocycles. The minimum atomic E-state index is -0.152. The number of phenolic OH excluding ortho intramolecular Hbond substituents is 1. The zero-order valence-corrected chi connectivity index (χ0v) is 10.6. The molecule has 0 amide bonds. The van der Waals surface area contributed by atoms with Crippen molar-refractivity contribution in [2.75, 3.05) is 0 Å². The van der Waals surface area contributed by atoms with Crippen LogP contribution < -0.4 is 5.56 Å². The number of phenols is 1. The molecule has 0 fully saturated rings. The minimum Gasteiger partial charge on any atom is -0.508 e. The third-order valence-corrected chi connectivity index (χ3v) is 2.96. The van der Waals surface area contributed by atoms with Gasteiger partial charge in [0.2, 0.25) is 0 Å². The van der Waals surface area contributed by atoms with Gasteiger partial charge in [-0.25, -0.2) is 4.98 Å². The Balaban J connectivity index is 1.98. The largest absolute Gasteiger partial charge is 0.508 e. The van der Waals surface area contributed by atoms with Gasteiger partial charge < -0.3 is 10.1 Å². The first kappa shape index (κ1) is 12.2. The molecule has 0 saturated heterocycles. The first-order chi connectivity index (χ1) is 9.72. The van der Waals surface area contributed by atoms with E-state index in [9.17, 15) is 9.90 Å². The van der Waals surface area contributed by atoms with E-state index in [4.69, 9.17) is 0 Å². The standard InChI is InChI=1S/C16H12N2O2/c19-12-8-5-11(6-9-12)7-10-15-17-14-4-2-1-3-13(14)16(20)18-15/h1-10,19H,(H,17,18,20). The number of hydrogen-bond donors (Lipinski definition) is 2. The molecule has 2 N–H and O–H groups in total. The average molecular weight is 264 g/mol. The van der Waals surface area contributed by atoms with E-state index in [1.807, 2.05) is 24.3 Å². The van der Waals surface area contributed by atoms with Gasteiger partial charge in [0.05, 0.1) is 10.9 Å². The Morgan fingerprint density at radius 1 is 1.00 bits per heavy atom. The van der Waals surface area contributed by atoms with Gasteiger partial charge in [0.25, 0.3) is 5.56 Å². The first-order valence-electron chi connectivity index (χ1n) is 6.18. The SMILES string of the molecule is O=c1[nH]c(C=Cc2ccc(O)cc2)nc2ccccc12. The van der Waals surface area contributed by atoms with Gasteiger partial charge in [-0.3, -0.25) is 4.79 Å². The molecule has 0 aliphatic heterocycles. The van der Waals surface area contributed by atoms with Crippen molar-refractivity contribution >= 4 is 23.1 Å². The quantitative estimate of drug-likeness (QED) is 0.748. The number of hydrogen-bond acceptors (Lipinski definition) is 3. The van der Waals surface area contributed by atoms with E-state index < -0.39 is 0 Å². The molecule has 0 saturated carbocycles. The van der Waals surface area contributed by atoms with Gasteiger partial charge in [-0.2, -0.15) is 0 Å². The molecule has 3 rings (SSSR count). The average Bonchev–Trinajstić information content (AvgIpc) is 2.47. The van der Waals surface area contributed by atoms with Gasteiger partial charge in [0, 0.05) is 0 Å². The van der Waals surface area contributed by atoms with Crippen LogP contribution in [-0.2, 0) is 0 Å². The van der Waals surface area contributed by atoms with Crippen molar-refractivity contribution < 1.29 is 5.11 Å². The van der Waals surface area contributed by atoms with Gasteiger partial charge in [-0.05, 0) is 35.9 Å². The normalized spacial score (nSPS) is 11.2. The van der Waals surface area contributed by atoms with Crippen LogP contribution in [0.3, 0.4) is 0 Å². The number of aromatic amines is 1. The fraction of sp³-hybridized carbons (Fsp3) is 0. The molecule has 3 aromatic rings. The number of fused-ring (bicyclic) bond motifs is 1. The molecule has 0 aliphatic carbocycles. The van der Waals surface area contributed by atoms with E-state index in [1.165, 1.54) is 0 Å². The summed E-state index contributed by atoms with van der Waals surface area (Å²) in [5.74, 6) is 0.723. The van der Waals surface area contributed by atoms with Crippen molar-refractivity contribution in [1.82, 2.24) is 9.97 Å². The molecule has 4 heteroatoms. The Kier molecular flexibility index (Phi) is 3.05. The molecule has 0 atom stereocenters. The van der Waals surface area contributed by atoms with E-state index >= 15 is 0 Å². The summed E-state index contributed by atoms with van der Waals surface area (Å²) in [7, 11) is 0. The smallest absolute Gasteiger partial charge is 0.259 e. The maximum absolute atomic E-state index is 11.9. The van der Waals surface area contributed by atoms with Gasteiger partial charge in [0.1, 0.15) is 11.6 Å². The van der Waals surface area contributed by atoms with E-state index in [0.29, 0.717) is 16.7 Å². The molecule has 0 bridgehead atoms. The number of para-hydroxylation sites is 1. The predicted molar refractivity (Wildman–Crippen MR) is 79.4 cm³/mol. The molecule has 0 aliphatic rings. The molecule has 20 heavy (non-hydrogen) atoms. The van der Waals surface area contributed by atoms with Crippen molar-refractivity contribution in [1.29, 1.82) is 0 Å². The van der Waals surface area contributed by atoms with Crippen molar-refractivity contribution in [2.24, 2.45) is 0 Å². The second-order valence-corrected chi connectivity index (χ2v) is 4.39. The lowest BCUT2D eigenvalue weighted by Crippen LogP contribution is -2.09. The Morgan fingerprint density at radius 2 is 1.75 bits per heavy atom. The summed E-state index contributed by atoms with van der Waals surface area (Å²) in [6.45, 7) is 0. The summed E-state index contributed by atoms with van der Waals surface area (Å²) in [4.78, 5) is 19.0. The van der Waals surface area contributed by atoms with E-state index in [1.54, 1.807) is 36.4 Å². The number of aromatic nitrogens is 2. The Labute approximate surface area is 115 Å². The van der Waals surface area contributed by atoms with E-state index in [0.717, 1.165) is 5.56 Å². The number of benzene rings is 2. The van der Waals surface area contributed by atoms with Crippen LogP contribution in [0.4, 0.5) is 0 Å². The molecule has 4 nitrogen and oxygen atoms in total. The summed E-state index contributed by atoms with van der Waals surface area (Å²) >= 11 is 0. The lowest BCUT2D eigenvalue weighted by atomic mass is 10.2. The summed E-state index contributed by atoms with van der Waals surface area (Å²) in [6, 6.07) is 14.0. The maximum Gasteiger partial charge on any atom is 0.259 e. The van der Waals surface area contributed by atoms with Gasteiger partial charge >= 0.3 is 0 Å².